The molecule has 8 nitrogen and oxygen atoms in total. The smallest absolute Gasteiger partial charge is 0.410 e. The zero-order valence-electron chi connectivity index (χ0n) is 18.1. The summed E-state index contributed by atoms with van der Waals surface area (Å²) in [7, 11) is 1.70. The Bertz CT molecular complexity index is 1260. The van der Waals surface area contributed by atoms with Crippen LogP contribution >= 0.6 is 31.9 Å². The van der Waals surface area contributed by atoms with Crippen molar-refractivity contribution in [3.05, 3.63) is 69.4 Å². The highest BCUT2D eigenvalue weighted by molar-refractivity contribution is 9.10. The minimum absolute atomic E-state index is 0.360. The van der Waals surface area contributed by atoms with Crippen LogP contribution in [0.2, 0.25) is 0 Å². The van der Waals surface area contributed by atoms with Crippen LogP contribution < -0.4 is 0 Å². The van der Waals surface area contributed by atoms with Crippen LogP contribution in [0.4, 0.5) is 4.79 Å². The number of fused-ring (bicyclic) bond motifs is 2. The molecule has 10 heteroatoms. The molecule has 0 saturated carbocycles. The Kier molecular flexibility index (Phi) is 7.35. The highest BCUT2D eigenvalue weighted by Crippen LogP contribution is 2.21. The topological polar surface area (TPSA) is 81.2 Å². The van der Waals surface area contributed by atoms with E-state index in [2.05, 4.69) is 41.8 Å². The Morgan fingerprint density at radius 1 is 1.03 bits per heavy atom. The molecule has 0 spiro atoms. The second kappa shape index (κ2) is 9.83. The summed E-state index contributed by atoms with van der Waals surface area (Å²) in [6.45, 7) is 5.93. The maximum atomic E-state index is 11.9. The largest absolute Gasteiger partial charge is 0.444 e. The van der Waals surface area contributed by atoms with Gasteiger partial charge in [0.1, 0.15) is 31.8 Å². The number of imidazole rings is 2. The van der Waals surface area contributed by atoms with Gasteiger partial charge in [0.2, 0.25) is 0 Å². The van der Waals surface area contributed by atoms with Crippen molar-refractivity contribution in [2.75, 3.05) is 7.05 Å². The van der Waals surface area contributed by atoms with Crippen molar-refractivity contribution in [1.29, 1.82) is 0 Å². The van der Waals surface area contributed by atoms with E-state index in [4.69, 9.17) is 4.74 Å². The standard InChI is InChI=1S/C14H18BrN3O2.C8H5BrN2O/c1-14(2,3)20-13(19)17(4)9-10-12(15)18-8-6-5-7-11(18)16-10;9-8-6(5-12)10-7-3-1-2-4-11(7)8/h5-8H,9H2,1-4H3;1-5H. The van der Waals surface area contributed by atoms with Crippen LogP contribution in [-0.4, -0.2) is 48.7 Å². The van der Waals surface area contributed by atoms with E-state index in [1.54, 1.807) is 7.05 Å². The van der Waals surface area contributed by atoms with Crippen molar-refractivity contribution in [3.63, 3.8) is 0 Å². The number of carbonyl (C=O) groups is 2. The van der Waals surface area contributed by atoms with Gasteiger partial charge in [0.25, 0.3) is 0 Å². The first kappa shape index (κ1) is 23.9. The van der Waals surface area contributed by atoms with Gasteiger partial charge in [-0.25, -0.2) is 14.8 Å². The van der Waals surface area contributed by atoms with Gasteiger partial charge >= 0.3 is 6.09 Å². The van der Waals surface area contributed by atoms with E-state index in [9.17, 15) is 9.59 Å². The molecule has 0 aliphatic heterocycles. The molecule has 0 N–H and O–H groups in total. The van der Waals surface area contributed by atoms with Crippen LogP contribution in [-0.2, 0) is 11.3 Å². The molecule has 0 fully saturated rings. The molecule has 168 valence electrons. The zero-order valence-corrected chi connectivity index (χ0v) is 21.3. The molecule has 0 unspecified atom stereocenters. The van der Waals surface area contributed by atoms with Gasteiger partial charge in [0.05, 0.1) is 12.2 Å². The molecule has 0 aliphatic rings. The fourth-order valence-corrected chi connectivity index (χ4v) is 3.80. The summed E-state index contributed by atoms with van der Waals surface area (Å²) >= 11 is 6.79. The van der Waals surface area contributed by atoms with E-state index in [0.717, 1.165) is 27.9 Å². The second-order valence-electron chi connectivity index (χ2n) is 7.95. The van der Waals surface area contributed by atoms with Crippen molar-refractivity contribution < 1.29 is 14.3 Å². The molecule has 0 bridgehead atoms. The average Bonchev–Trinajstić information content (AvgIpc) is 3.24. The number of halogens is 2. The fourth-order valence-electron chi connectivity index (χ4n) is 2.80. The summed E-state index contributed by atoms with van der Waals surface area (Å²) in [5, 5.41) is 0. The maximum Gasteiger partial charge on any atom is 0.410 e. The van der Waals surface area contributed by atoms with Crippen LogP contribution in [0.25, 0.3) is 11.3 Å². The van der Waals surface area contributed by atoms with Crippen molar-refractivity contribution in [1.82, 2.24) is 23.7 Å². The third kappa shape index (κ3) is 5.55. The number of nitrogens with zero attached hydrogens (tertiary/aromatic N) is 5. The number of rotatable bonds is 3. The summed E-state index contributed by atoms with van der Waals surface area (Å²) in [5.41, 5.74) is 2.34. The average molecular weight is 565 g/mol. The highest BCUT2D eigenvalue weighted by atomic mass is 79.9. The quantitative estimate of drug-likeness (QED) is 0.312. The Hall–Kier alpha value is -2.72. The molecule has 4 aromatic rings. The molecule has 1 amide bonds. The molecular weight excluding hydrogens is 542 g/mol. The molecule has 0 radical (unpaired) electrons. The van der Waals surface area contributed by atoms with E-state index in [1.807, 2.05) is 78.4 Å². The normalized spacial score (nSPS) is 11.2. The second-order valence-corrected chi connectivity index (χ2v) is 9.45. The van der Waals surface area contributed by atoms with Gasteiger partial charge < -0.3 is 9.64 Å². The predicted octanol–water partition coefficient (Wildman–Crippen LogP) is 5.37. The molecule has 4 heterocycles. The number of aldehydes is 1. The van der Waals surface area contributed by atoms with Gasteiger partial charge in [-0.3, -0.25) is 13.6 Å². The summed E-state index contributed by atoms with van der Waals surface area (Å²) in [6.07, 6.45) is 4.14. The first-order valence-electron chi connectivity index (χ1n) is 9.74. The molecule has 0 aliphatic carbocycles. The number of carbonyl (C=O) groups excluding carboxylic acids is 2. The Balaban J connectivity index is 0.000000204. The monoisotopic (exact) mass is 563 g/mol. The van der Waals surface area contributed by atoms with Crippen molar-refractivity contribution in [3.8, 4) is 0 Å². The number of aromatic nitrogens is 4. The molecule has 0 atom stereocenters. The number of ether oxygens (including phenoxy) is 1. The Labute approximate surface area is 202 Å². The first-order valence-corrected chi connectivity index (χ1v) is 11.3. The van der Waals surface area contributed by atoms with Crippen LogP contribution in [0.5, 0.6) is 0 Å². The van der Waals surface area contributed by atoms with Crippen LogP contribution in [0.1, 0.15) is 37.0 Å². The summed E-state index contributed by atoms with van der Waals surface area (Å²) in [6, 6.07) is 11.4. The molecule has 4 aromatic heterocycles. The van der Waals surface area contributed by atoms with Crippen molar-refractivity contribution in [2.24, 2.45) is 0 Å². The highest BCUT2D eigenvalue weighted by Gasteiger charge is 2.21. The minimum Gasteiger partial charge on any atom is -0.444 e. The van der Waals surface area contributed by atoms with E-state index in [1.165, 1.54) is 4.90 Å². The number of pyridine rings is 2. The maximum absolute atomic E-state index is 11.9. The lowest BCUT2D eigenvalue weighted by Crippen LogP contribution is -2.33. The lowest BCUT2D eigenvalue weighted by molar-refractivity contribution is 0.0283. The van der Waals surface area contributed by atoms with Gasteiger partial charge in [-0.1, -0.05) is 12.1 Å². The van der Waals surface area contributed by atoms with E-state index >= 15 is 0 Å². The summed E-state index contributed by atoms with van der Waals surface area (Å²) in [4.78, 5) is 32.5. The van der Waals surface area contributed by atoms with Gasteiger partial charge in [0, 0.05) is 19.4 Å². The van der Waals surface area contributed by atoms with E-state index < -0.39 is 5.60 Å². The van der Waals surface area contributed by atoms with E-state index in [0.29, 0.717) is 16.8 Å². The van der Waals surface area contributed by atoms with Crippen LogP contribution in [0, 0.1) is 0 Å². The van der Waals surface area contributed by atoms with Gasteiger partial charge in [-0.15, -0.1) is 0 Å². The van der Waals surface area contributed by atoms with E-state index in [-0.39, 0.29) is 6.09 Å². The summed E-state index contributed by atoms with van der Waals surface area (Å²) < 4.78 is 10.6. The third-order valence-corrected chi connectivity index (χ3v) is 5.87. The van der Waals surface area contributed by atoms with Gasteiger partial charge in [0.15, 0.2) is 6.29 Å². The molecule has 0 saturated heterocycles. The molecule has 32 heavy (non-hydrogen) atoms. The lowest BCUT2D eigenvalue weighted by atomic mass is 10.2. The Morgan fingerprint density at radius 3 is 2.09 bits per heavy atom. The lowest BCUT2D eigenvalue weighted by Gasteiger charge is -2.24. The Morgan fingerprint density at radius 2 is 1.59 bits per heavy atom. The first-order chi connectivity index (χ1) is 15.1. The SMILES string of the molecule is CN(Cc1nc2ccccn2c1Br)C(=O)OC(C)(C)C.O=Cc1nc2ccccn2c1Br. The number of hydrogen-bond donors (Lipinski definition) is 0. The number of amides is 1. The number of hydrogen-bond acceptors (Lipinski definition) is 5. The van der Waals surface area contributed by atoms with Gasteiger partial charge in [-0.2, -0.15) is 0 Å². The van der Waals surface area contributed by atoms with Crippen LogP contribution in [0.15, 0.2) is 58.0 Å². The van der Waals surface area contributed by atoms with Crippen LogP contribution in [0.3, 0.4) is 0 Å². The van der Waals surface area contributed by atoms with Crippen molar-refractivity contribution >= 4 is 55.5 Å². The zero-order chi connectivity index (χ0) is 23.5. The molecular formula is C22H23Br2N5O3. The molecule has 4 rings (SSSR count). The fraction of sp³-hybridized carbons (Fsp3) is 0.273. The van der Waals surface area contributed by atoms with Crippen molar-refractivity contribution in [2.45, 2.75) is 32.9 Å². The minimum atomic E-state index is -0.499. The molecule has 0 aromatic carbocycles. The van der Waals surface area contributed by atoms with Gasteiger partial charge in [-0.05, 0) is 76.9 Å². The third-order valence-electron chi connectivity index (χ3n) is 4.24. The summed E-state index contributed by atoms with van der Waals surface area (Å²) in [5.74, 6) is 0. The predicted molar refractivity (Wildman–Crippen MR) is 129 cm³/mol.